The molecule has 0 aliphatic carbocycles. The Morgan fingerprint density at radius 2 is 2.00 bits per heavy atom. The van der Waals surface area contributed by atoms with E-state index in [2.05, 4.69) is 15.9 Å². The molecule has 1 N–H and O–H groups in total. The van der Waals surface area contributed by atoms with E-state index in [1.165, 1.54) is 10.4 Å². The Morgan fingerprint density at radius 1 is 1.44 bits per heavy atom. The van der Waals surface area contributed by atoms with Gasteiger partial charge in [-0.05, 0) is 28.8 Å². The molecule has 1 heterocycles. The van der Waals surface area contributed by atoms with Crippen molar-refractivity contribution >= 4 is 26.0 Å². The van der Waals surface area contributed by atoms with Crippen molar-refractivity contribution < 1.29 is 17.9 Å². The predicted octanol–water partition coefficient (Wildman–Crippen LogP) is 2.34. The molecule has 1 aromatic heterocycles. The Kier molecular flexibility index (Phi) is 5.39. The molecule has 1 aromatic rings. The van der Waals surface area contributed by atoms with E-state index < -0.39 is 10.0 Å². The van der Waals surface area contributed by atoms with E-state index in [1.54, 1.807) is 7.05 Å². The van der Waals surface area contributed by atoms with E-state index in [0.29, 0.717) is 0 Å². The Balaban J connectivity index is 3.16. The number of halogens is 1. The van der Waals surface area contributed by atoms with E-state index in [-0.39, 0.29) is 28.0 Å². The minimum Gasteiger partial charge on any atom is -0.450 e. The Bertz CT molecular complexity index is 493. The molecule has 104 valence electrons. The second-order valence-electron chi connectivity index (χ2n) is 4.00. The fourth-order valence-corrected chi connectivity index (χ4v) is 4.27. The normalized spacial score (nSPS) is 12.6. The monoisotopic (exact) mass is 339 g/mol. The fraction of sp³-hybridized carbons (Fsp3) is 0.636. The van der Waals surface area contributed by atoms with Gasteiger partial charge in [-0.3, -0.25) is 0 Å². The lowest BCUT2D eigenvalue weighted by molar-refractivity contribution is 0.245. The first-order valence-electron chi connectivity index (χ1n) is 5.75. The van der Waals surface area contributed by atoms with Crippen molar-refractivity contribution in [3.8, 4) is 0 Å². The Hall–Kier alpha value is -0.370. The summed E-state index contributed by atoms with van der Waals surface area (Å²) in [6.07, 6.45) is 1.49. The molecule has 18 heavy (non-hydrogen) atoms. The number of aliphatic hydroxyl groups excluding tert-OH is 1. The van der Waals surface area contributed by atoms with Gasteiger partial charge < -0.3 is 9.52 Å². The number of rotatable bonds is 6. The van der Waals surface area contributed by atoms with Crippen molar-refractivity contribution in [1.82, 2.24) is 4.31 Å². The average molecular weight is 340 g/mol. The molecular formula is C11H18BrNO4S. The highest BCUT2D eigenvalue weighted by Crippen LogP contribution is 2.29. The van der Waals surface area contributed by atoms with Crippen molar-refractivity contribution in [1.29, 1.82) is 0 Å². The third-order valence-electron chi connectivity index (χ3n) is 2.98. The number of nitrogens with zero attached hydrogens (tertiary/aromatic N) is 1. The zero-order chi connectivity index (χ0) is 13.9. The summed E-state index contributed by atoms with van der Waals surface area (Å²) < 4.78 is 31.4. The van der Waals surface area contributed by atoms with Crippen LogP contribution < -0.4 is 0 Å². The summed E-state index contributed by atoms with van der Waals surface area (Å²) >= 11 is 3.07. The van der Waals surface area contributed by atoms with E-state index in [1.807, 2.05) is 13.8 Å². The summed E-state index contributed by atoms with van der Waals surface area (Å²) in [7, 11) is -2.04. The molecule has 0 spiro atoms. The molecule has 0 amide bonds. The van der Waals surface area contributed by atoms with Crippen LogP contribution in [0.1, 0.15) is 32.4 Å². The number of hydrogen-bond acceptors (Lipinski definition) is 4. The minimum atomic E-state index is -3.60. The molecule has 0 fully saturated rings. The van der Waals surface area contributed by atoms with Gasteiger partial charge in [0.05, 0.1) is 0 Å². The van der Waals surface area contributed by atoms with Crippen LogP contribution in [-0.4, -0.2) is 30.9 Å². The van der Waals surface area contributed by atoms with E-state index in [0.717, 1.165) is 12.8 Å². The van der Waals surface area contributed by atoms with Crippen LogP contribution in [0, 0.1) is 0 Å². The molecule has 0 bridgehead atoms. The van der Waals surface area contributed by atoms with Gasteiger partial charge in [0, 0.05) is 19.2 Å². The second kappa shape index (κ2) is 6.18. The van der Waals surface area contributed by atoms with Crippen LogP contribution in [0.3, 0.4) is 0 Å². The number of sulfonamides is 1. The largest absolute Gasteiger partial charge is 0.450 e. The summed E-state index contributed by atoms with van der Waals surface area (Å²) in [5.41, 5.74) is 0. The SMILES string of the molecule is CCC(CC)N(C)S(=O)(=O)c1cc(CO)oc1Br. The average Bonchev–Trinajstić information content (AvgIpc) is 2.72. The van der Waals surface area contributed by atoms with Crippen molar-refractivity contribution in [2.24, 2.45) is 0 Å². The molecule has 0 aliphatic rings. The summed E-state index contributed by atoms with van der Waals surface area (Å²) in [5.74, 6) is 0.221. The molecule has 7 heteroatoms. The van der Waals surface area contributed by atoms with Crippen molar-refractivity contribution in [2.75, 3.05) is 7.05 Å². The maximum absolute atomic E-state index is 12.4. The van der Waals surface area contributed by atoms with Crippen LogP contribution in [0.2, 0.25) is 0 Å². The highest BCUT2D eigenvalue weighted by Gasteiger charge is 2.30. The Morgan fingerprint density at radius 3 is 2.39 bits per heavy atom. The minimum absolute atomic E-state index is 0.0469. The molecular weight excluding hydrogens is 322 g/mol. The molecule has 0 aliphatic heterocycles. The molecule has 0 saturated heterocycles. The molecule has 0 radical (unpaired) electrons. The quantitative estimate of drug-likeness (QED) is 0.863. The molecule has 1 rings (SSSR count). The van der Waals surface area contributed by atoms with Gasteiger partial charge in [0.25, 0.3) is 0 Å². The van der Waals surface area contributed by atoms with E-state index in [9.17, 15) is 8.42 Å². The summed E-state index contributed by atoms with van der Waals surface area (Å²) in [5, 5.41) is 8.96. The van der Waals surface area contributed by atoms with Crippen molar-refractivity contribution in [3.05, 3.63) is 16.5 Å². The predicted molar refractivity (Wildman–Crippen MR) is 71.6 cm³/mol. The zero-order valence-electron chi connectivity index (χ0n) is 10.7. The smallest absolute Gasteiger partial charge is 0.247 e. The van der Waals surface area contributed by atoms with E-state index >= 15 is 0 Å². The van der Waals surface area contributed by atoms with Crippen LogP contribution in [0.15, 0.2) is 20.0 Å². The third-order valence-corrected chi connectivity index (χ3v) is 5.74. The van der Waals surface area contributed by atoms with Gasteiger partial charge in [0.2, 0.25) is 10.0 Å². The van der Waals surface area contributed by atoms with Crippen molar-refractivity contribution in [2.45, 2.75) is 44.2 Å². The van der Waals surface area contributed by atoms with Gasteiger partial charge in [-0.1, -0.05) is 13.8 Å². The van der Waals surface area contributed by atoms with Crippen LogP contribution in [-0.2, 0) is 16.6 Å². The van der Waals surface area contributed by atoms with Gasteiger partial charge >= 0.3 is 0 Å². The third kappa shape index (κ3) is 2.96. The molecule has 0 unspecified atom stereocenters. The maximum Gasteiger partial charge on any atom is 0.247 e. The standard InChI is InChI=1S/C11H18BrNO4S/c1-4-8(5-2)13(3)18(15,16)10-6-9(7-14)17-11(10)12/h6,8,14H,4-5,7H2,1-3H3. The first kappa shape index (κ1) is 15.7. The highest BCUT2D eigenvalue weighted by atomic mass is 79.9. The summed E-state index contributed by atoms with van der Waals surface area (Å²) in [4.78, 5) is 0.0564. The summed E-state index contributed by atoms with van der Waals surface area (Å²) in [6, 6.07) is 1.30. The first-order chi connectivity index (χ1) is 8.38. The van der Waals surface area contributed by atoms with Crippen LogP contribution in [0.4, 0.5) is 0 Å². The van der Waals surface area contributed by atoms with Gasteiger partial charge in [0.15, 0.2) is 4.67 Å². The lowest BCUT2D eigenvalue weighted by atomic mass is 10.2. The maximum atomic E-state index is 12.4. The second-order valence-corrected chi connectivity index (χ2v) is 6.69. The zero-order valence-corrected chi connectivity index (χ0v) is 13.1. The highest BCUT2D eigenvalue weighted by molar-refractivity contribution is 9.10. The van der Waals surface area contributed by atoms with Crippen molar-refractivity contribution in [3.63, 3.8) is 0 Å². The number of furan rings is 1. The van der Waals surface area contributed by atoms with Crippen LogP contribution >= 0.6 is 15.9 Å². The molecule has 0 atom stereocenters. The van der Waals surface area contributed by atoms with Gasteiger partial charge in [-0.25, -0.2) is 8.42 Å². The number of aliphatic hydroxyl groups is 1. The van der Waals surface area contributed by atoms with Gasteiger partial charge in [0.1, 0.15) is 17.3 Å². The molecule has 0 aromatic carbocycles. The lowest BCUT2D eigenvalue weighted by Crippen LogP contribution is -2.36. The Labute approximate surface area is 116 Å². The van der Waals surface area contributed by atoms with E-state index in [4.69, 9.17) is 9.52 Å². The topological polar surface area (TPSA) is 70.8 Å². The van der Waals surface area contributed by atoms with Crippen LogP contribution in [0.5, 0.6) is 0 Å². The molecule has 5 nitrogen and oxygen atoms in total. The van der Waals surface area contributed by atoms with Gasteiger partial charge in [-0.2, -0.15) is 4.31 Å². The lowest BCUT2D eigenvalue weighted by Gasteiger charge is -2.24. The van der Waals surface area contributed by atoms with Crippen LogP contribution in [0.25, 0.3) is 0 Å². The molecule has 0 saturated carbocycles. The summed E-state index contributed by atoms with van der Waals surface area (Å²) in [6.45, 7) is 3.57. The fourth-order valence-electron chi connectivity index (χ4n) is 1.81. The number of hydrogen-bond donors (Lipinski definition) is 1. The van der Waals surface area contributed by atoms with Gasteiger partial charge in [-0.15, -0.1) is 0 Å². The first-order valence-corrected chi connectivity index (χ1v) is 7.98.